The molecule has 0 radical (unpaired) electrons. The molecule has 0 aromatic heterocycles. The number of nitrogens with one attached hydrogen (secondary N) is 1. The van der Waals surface area contributed by atoms with Gasteiger partial charge in [-0.05, 0) is 43.5 Å². The largest absolute Gasteiger partial charge is 0.324 e. The molecule has 1 atom stereocenters. The number of hydrogen-bond donors (Lipinski definition) is 1. The normalized spacial score (nSPS) is 20.1. The Kier molecular flexibility index (Phi) is 4.10. The molecule has 1 N–H and O–H groups in total. The average molecular weight is 300 g/mol. The van der Waals surface area contributed by atoms with Crippen LogP contribution in [0.1, 0.15) is 18.4 Å². The molecule has 20 heavy (non-hydrogen) atoms. The second-order valence-electron chi connectivity index (χ2n) is 4.98. The summed E-state index contributed by atoms with van der Waals surface area (Å²) in [6.45, 7) is 2.04. The summed E-state index contributed by atoms with van der Waals surface area (Å²) < 4.78 is 37.4. The van der Waals surface area contributed by atoms with Gasteiger partial charge < -0.3 is 5.32 Å². The third-order valence-electron chi connectivity index (χ3n) is 3.38. The Balaban J connectivity index is 2.16. The van der Waals surface area contributed by atoms with Crippen LogP contribution in [0.2, 0.25) is 0 Å². The van der Waals surface area contributed by atoms with Crippen LogP contribution >= 0.6 is 0 Å². The molecule has 1 saturated heterocycles. The third-order valence-corrected chi connectivity index (χ3v) is 4.67. The van der Waals surface area contributed by atoms with E-state index in [1.165, 1.54) is 22.5 Å². The number of halogens is 1. The van der Waals surface area contributed by atoms with Crippen LogP contribution in [0.25, 0.3) is 0 Å². The summed E-state index contributed by atoms with van der Waals surface area (Å²) >= 11 is 0. The van der Waals surface area contributed by atoms with E-state index in [0.29, 0.717) is 30.6 Å². The summed E-state index contributed by atoms with van der Waals surface area (Å²) in [5.41, 5.74) is 1.10. The summed E-state index contributed by atoms with van der Waals surface area (Å²) in [5, 5.41) is 2.67. The summed E-state index contributed by atoms with van der Waals surface area (Å²) in [6, 6.07) is 3.36. The highest BCUT2D eigenvalue weighted by Gasteiger charge is 2.36. The van der Waals surface area contributed by atoms with Crippen molar-refractivity contribution in [2.45, 2.75) is 25.8 Å². The fourth-order valence-electron chi connectivity index (χ4n) is 2.38. The summed E-state index contributed by atoms with van der Waals surface area (Å²) in [4.78, 5) is 12.2. The first kappa shape index (κ1) is 14.9. The predicted octanol–water partition coefficient (Wildman–Crippen LogP) is 1.50. The lowest BCUT2D eigenvalue weighted by molar-refractivity contribution is -0.119. The molecule has 0 saturated carbocycles. The Hall–Kier alpha value is -1.47. The molecule has 1 aliphatic heterocycles. The minimum Gasteiger partial charge on any atom is -0.324 e. The van der Waals surface area contributed by atoms with E-state index in [2.05, 4.69) is 5.32 Å². The molecule has 1 aliphatic rings. The molecule has 7 heteroatoms. The molecule has 0 aliphatic carbocycles. The van der Waals surface area contributed by atoms with Crippen LogP contribution in [-0.4, -0.2) is 37.5 Å². The van der Waals surface area contributed by atoms with Gasteiger partial charge in [0.15, 0.2) is 0 Å². The van der Waals surface area contributed by atoms with Gasteiger partial charge in [-0.15, -0.1) is 0 Å². The number of carbonyl (C=O) groups excluding carboxylic acids is 1. The van der Waals surface area contributed by atoms with Gasteiger partial charge in [0.2, 0.25) is 15.9 Å². The Morgan fingerprint density at radius 3 is 2.75 bits per heavy atom. The van der Waals surface area contributed by atoms with E-state index < -0.39 is 16.1 Å². The minimum absolute atomic E-state index is 0.360. The van der Waals surface area contributed by atoms with Crippen molar-refractivity contribution in [3.8, 4) is 0 Å². The van der Waals surface area contributed by atoms with E-state index in [1.54, 1.807) is 6.92 Å². The smallest absolute Gasteiger partial charge is 0.242 e. The number of benzene rings is 1. The van der Waals surface area contributed by atoms with Crippen molar-refractivity contribution >= 4 is 21.6 Å². The van der Waals surface area contributed by atoms with Gasteiger partial charge in [0.25, 0.3) is 0 Å². The van der Waals surface area contributed by atoms with Crippen molar-refractivity contribution in [2.75, 3.05) is 18.1 Å². The molecule has 5 nitrogen and oxygen atoms in total. The second kappa shape index (κ2) is 5.49. The van der Waals surface area contributed by atoms with Crippen molar-refractivity contribution in [1.82, 2.24) is 4.31 Å². The number of rotatable bonds is 3. The number of aryl methyl sites for hydroxylation is 1. The predicted molar refractivity (Wildman–Crippen MR) is 74.3 cm³/mol. The van der Waals surface area contributed by atoms with Crippen LogP contribution in [0.4, 0.5) is 10.1 Å². The van der Waals surface area contributed by atoms with Gasteiger partial charge in [-0.25, -0.2) is 12.8 Å². The van der Waals surface area contributed by atoms with E-state index in [-0.39, 0.29) is 11.7 Å². The fourth-order valence-corrected chi connectivity index (χ4v) is 3.51. The number of carbonyl (C=O) groups is 1. The molecule has 0 bridgehead atoms. The lowest BCUT2D eigenvalue weighted by Gasteiger charge is -2.21. The highest BCUT2D eigenvalue weighted by atomic mass is 32.2. The zero-order chi connectivity index (χ0) is 14.9. The van der Waals surface area contributed by atoms with E-state index in [4.69, 9.17) is 0 Å². The van der Waals surface area contributed by atoms with Crippen LogP contribution in [0.5, 0.6) is 0 Å². The zero-order valence-electron chi connectivity index (χ0n) is 11.4. The van der Waals surface area contributed by atoms with E-state index in [9.17, 15) is 17.6 Å². The first-order chi connectivity index (χ1) is 9.29. The highest BCUT2D eigenvalue weighted by molar-refractivity contribution is 7.88. The van der Waals surface area contributed by atoms with E-state index >= 15 is 0 Å². The van der Waals surface area contributed by atoms with Crippen LogP contribution in [0, 0.1) is 12.7 Å². The molecule has 1 aromatic rings. The van der Waals surface area contributed by atoms with Crippen molar-refractivity contribution in [2.24, 2.45) is 0 Å². The van der Waals surface area contributed by atoms with Crippen molar-refractivity contribution in [3.05, 3.63) is 29.6 Å². The fraction of sp³-hybridized carbons (Fsp3) is 0.462. The Labute approximate surface area is 117 Å². The number of sulfonamides is 1. The maximum atomic E-state index is 13.0. The molecule has 1 aromatic carbocycles. The van der Waals surface area contributed by atoms with Crippen LogP contribution < -0.4 is 5.32 Å². The standard InChI is InChI=1S/C13H17FN2O3S/c1-9-8-10(14)5-6-11(9)15-13(17)12-4-3-7-16(12)20(2,18)19/h5-6,8,12H,3-4,7H2,1-2H3,(H,15,17). The molecule has 1 amide bonds. The van der Waals surface area contributed by atoms with Gasteiger partial charge in [0.05, 0.1) is 6.26 Å². The third kappa shape index (κ3) is 3.16. The number of anilines is 1. The Bertz CT molecular complexity index is 631. The first-order valence-corrected chi connectivity index (χ1v) is 8.17. The van der Waals surface area contributed by atoms with E-state index in [0.717, 1.165) is 6.26 Å². The molecule has 1 fully saturated rings. The Morgan fingerprint density at radius 2 is 2.15 bits per heavy atom. The maximum Gasteiger partial charge on any atom is 0.242 e. The SMILES string of the molecule is Cc1cc(F)ccc1NC(=O)C1CCCN1S(C)(=O)=O. The topological polar surface area (TPSA) is 66.5 Å². The number of nitrogens with zero attached hydrogens (tertiary/aromatic N) is 1. The van der Waals surface area contributed by atoms with Crippen LogP contribution in [-0.2, 0) is 14.8 Å². The summed E-state index contributed by atoms with van der Waals surface area (Å²) in [6.07, 6.45) is 2.26. The highest BCUT2D eigenvalue weighted by Crippen LogP contribution is 2.23. The van der Waals surface area contributed by atoms with Gasteiger partial charge in [-0.2, -0.15) is 4.31 Å². The average Bonchev–Trinajstić information content (AvgIpc) is 2.81. The first-order valence-electron chi connectivity index (χ1n) is 6.33. The van der Waals surface area contributed by atoms with Crippen molar-refractivity contribution < 1.29 is 17.6 Å². The molecule has 1 unspecified atom stereocenters. The van der Waals surface area contributed by atoms with Crippen molar-refractivity contribution in [1.29, 1.82) is 0 Å². The molecule has 110 valence electrons. The zero-order valence-corrected chi connectivity index (χ0v) is 12.2. The van der Waals surface area contributed by atoms with E-state index in [1.807, 2.05) is 0 Å². The van der Waals surface area contributed by atoms with Gasteiger partial charge in [0, 0.05) is 12.2 Å². The lowest BCUT2D eigenvalue weighted by Crippen LogP contribution is -2.42. The van der Waals surface area contributed by atoms with Gasteiger partial charge in [0.1, 0.15) is 11.9 Å². The van der Waals surface area contributed by atoms with Gasteiger partial charge >= 0.3 is 0 Å². The molecule has 2 rings (SSSR count). The number of amides is 1. The maximum absolute atomic E-state index is 13.0. The molecular formula is C13H17FN2O3S. The molecular weight excluding hydrogens is 283 g/mol. The Morgan fingerprint density at radius 1 is 1.45 bits per heavy atom. The summed E-state index contributed by atoms with van der Waals surface area (Å²) in [7, 11) is -3.39. The minimum atomic E-state index is -3.39. The number of hydrogen-bond acceptors (Lipinski definition) is 3. The van der Waals surface area contributed by atoms with Crippen LogP contribution in [0.15, 0.2) is 18.2 Å². The monoisotopic (exact) mass is 300 g/mol. The van der Waals surface area contributed by atoms with Crippen molar-refractivity contribution in [3.63, 3.8) is 0 Å². The molecule has 1 heterocycles. The van der Waals surface area contributed by atoms with Gasteiger partial charge in [-0.3, -0.25) is 4.79 Å². The van der Waals surface area contributed by atoms with Gasteiger partial charge in [-0.1, -0.05) is 0 Å². The quantitative estimate of drug-likeness (QED) is 0.920. The van der Waals surface area contributed by atoms with Crippen LogP contribution in [0.3, 0.4) is 0 Å². The second-order valence-corrected chi connectivity index (χ2v) is 6.92. The summed E-state index contributed by atoms with van der Waals surface area (Å²) in [5.74, 6) is -0.748. The molecule has 0 spiro atoms. The lowest BCUT2D eigenvalue weighted by atomic mass is 10.1.